The minimum atomic E-state index is -4.40. The Kier molecular flexibility index (Phi) is 3.18. The van der Waals surface area contributed by atoms with Gasteiger partial charge in [-0.05, 0) is 0 Å². The van der Waals surface area contributed by atoms with Gasteiger partial charge in [-0.2, -0.15) is 13.2 Å². The van der Waals surface area contributed by atoms with Crippen molar-refractivity contribution in [2.45, 2.75) is 11.7 Å². The summed E-state index contributed by atoms with van der Waals surface area (Å²) in [5, 5.41) is 0.411. The van der Waals surface area contributed by atoms with Gasteiger partial charge in [-0.25, -0.2) is 0 Å². The zero-order valence-electron chi connectivity index (χ0n) is 8.87. The molecule has 0 spiro atoms. The van der Waals surface area contributed by atoms with Crippen LogP contribution in [0, 0.1) is 0 Å². The lowest BCUT2D eigenvalue weighted by Gasteiger charge is -2.26. The first-order valence-corrected chi connectivity index (χ1v) is 6.02. The summed E-state index contributed by atoms with van der Waals surface area (Å²) in [4.78, 5) is 3.81. The molecular weight excluding hydrogens is 249 g/mol. The first-order valence-electron chi connectivity index (χ1n) is 5.03. The zero-order chi connectivity index (χ0) is 12.5. The summed E-state index contributed by atoms with van der Waals surface area (Å²) in [6, 6.07) is 8.84. The lowest BCUT2D eigenvalue weighted by atomic mass is 10.0. The number of alkyl halides is 3. The molecule has 0 amide bonds. The quantitative estimate of drug-likeness (QED) is 0.887. The summed E-state index contributed by atoms with van der Waals surface area (Å²) in [6.45, 7) is -0.514. The predicted molar refractivity (Wildman–Crippen MR) is 63.3 cm³/mol. The number of aliphatic imine (C=N–C) groups is 1. The number of halogens is 3. The fourth-order valence-electron chi connectivity index (χ4n) is 1.54. The van der Waals surface area contributed by atoms with Gasteiger partial charge >= 0.3 is 6.18 Å². The highest BCUT2D eigenvalue weighted by Gasteiger charge is 2.56. The lowest BCUT2D eigenvalue weighted by molar-refractivity contribution is -0.174. The van der Waals surface area contributed by atoms with Crippen LogP contribution in [0.1, 0.15) is 5.56 Å². The first-order chi connectivity index (χ1) is 7.98. The van der Waals surface area contributed by atoms with Crippen molar-refractivity contribution in [3.8, 4) is 0 Å². The van der Waals surface area contributed by atoms with Crippen LogP contribution in [0.4, 0.5) is 13.2 Å². The molecule has 0 saturated heterocycles. The van der Waals surface area contributed by atoms with Crippen molar-refractivity contribution in [2.24, 2.45) is 10.7 Å². The van der Waals surface area contributed by atoms with Crippen LogP contribution < -0.4 is 5.73 Å². The van der Waals surface area contributed by atoms with Crippen molar-refractivity contribution in [2.75, 3.05) is 12.3 Å². The van der Waals surface area contributed by atoms with E-state index in [1.54, 1.807) is 24.3 Å². The van der Waals surface area contributed by atoms with Crippen LogP contribution in [0.5, 0.6) is 0 Å². The SMILES string of the molecule is NCC1(C(F)(F)F)CSC(c2ccccc2)=N1. The molecule has 0 aromatic heterocycles. The number of thioether (sulfide) groups is 1. The van der Waals surface area contributed by atoms with E-state index in [1.807, 2.05) is 6.07 Å². The molecule has 1 aromatic rings. The van der Waals surface area contributed by atoms with Crippen molar-refractivity contribution < 1.29 is 13.2 Å². The highest BCUT2D eigenvalue weighted by molar-refractivity contribution is 8.14. The Morgan fingerprint density at radius 2 is 1.94 bits per heavy atom. The summed E-state index contributed by atoms with van der Waals surface area (Å²) in [7, 11) is 0. The second-order valence-corrected chi connectivity index (χ2v) is 4.77. The van der Waals surface area contributed by atoms with Crippen molar-refractivity contribution in [1.82, 2.24) is 0 Å². The van der Waals surface area contributed by atoms with E-state index in [0.717, 1.165) is 11.8 Å². The molecule has 92 valence electrons. The molecule has 0 saturated carbocycles. The highest BCUT2D eigenvalue weighted by Crippen LogP contribution is 2.41. The van der Waals surface area contributed by atoms with Crippen molar-refractivity contribution >= 4 is 16.8 Å². The van der Waals surface area contributed by atoms with Crippen molar-refractivity contribution in [3.63, 3.8) is 0 Å². The first kappa shape index (κ1) is 12.4. The third-order valence-electron chi connectivity index (χ3n) is 2.65. The van der Waals surface area contributed by atoms with Gasteiger partial charge in [0.2, 0.25) is 0 Å². The third kappa shape index (κ3) is 2.19. The Labute approximate surface area is 101 Å². The van der Waals surface area contributed by atoms with Crippen LogP contribution in [0.15, 0.2) is 35.3 Å². The molecule has 6 heteroatoms. The van der Waals surface area contributed by atoms with E-state index in [-0.39, 0.29) is 5.75 Å². The molecule has 1 aliphatic rings. The van der Waals surface area contributed by atoms with E-state index >= 15 is 0 Å². The van der Waals surface area contributed by atoms with Crippen LogP contribution >= 0.6 is 11.8 Å². The van der Waals surface area contributed by atoms with Gasteiger partial charge in [-0.15, -0.1) is 11.8 Å². The summed E-state index contributed by atoms with van der Waals surface area (Å²) < 4.78 is 38.7. The van der Waals surface area contributed by atoms with Crippen molar-refractivity contribution in [1.29, 1.82) is 0 Å². The maximum absolute atomic E-state index is 12.9. The number of hydrogen-bond donors (Lipinski definition) is 1. The molecule has 1 atom stereocenters. The molecule has 0 fully saturated rings. The standard InChI is InChI=1S/C11H11F3N2S/c12-11(13,14)10(6-15)7-17-9(16-10)8-4-2-1-3-5-8/h1-5H,6-7,15H2. The van der Waals surface area contributed by atoms with Gasteiger partial charge in [0, 0.05) is 17.9 Å². The molecule has 2 nitrogen and oxygen atoms in total. The third-order valence-corrected chi connectivity index (χ3v) is 3.87. The van der Waals surface area contributed by atoms with E-state index < -0.39 is 18.3 Å². The van der Waals surface area contributed by atoms with Gasteiger partial charge in [0.1, 0.15) is 0 Å². The molecule has 2 N–H and O–H groups in total. The number of nitrogens with two attached hydrogens (primary N) is 1. The normalized spacial score (nSPS) is 24.8. The average molecular weight is 260 g/mol. The lowest BCUT2D eigenvalue weighted by Crippen LogP contribution is -2.50. The number of benzene rings is 1. The van der Waals surface area contributed by atoms with Gasteiger partial charge in [0.05, 0.1) is 5.04 Å². The van der Waals surface area contributed by atoms with E-state index in [9.17, 15) is 13.2 Å². The molecule has 2 rings (SSSR count). The zero-order valence-corrected chi connectivity index (χ0v) is 9.68. The summed E-state index contributed by atoms with van der Waals surface area (Å²) in [5.41, 5.74) is 3.84. The monoisotopic (exact) mass is 260 g/mol. The molecule has 1 unspecified atom stereocenters. The maximum Gasteiger partial charge on any atom is 0.415 e. The Morgan fingerprint density at radius 1 is 1.29 bits per heavy atom. The smallest absolute Gasteiger partial charge is 0.328 e. The van der Waals surface area contributed by atoms with Gasteiger partial charge < -0.3 is 5.73 Å². The van der Waals surface area contributed by atoms with Gasteiger partial charge in [-0.3, -0.25) is 4.99 Å². The molecule has 1 aromatic carbocycles. The fourth-order valence-corrected chi connectivity index (χ4v) is 2.80. The number of hydrogen-bond acceptors (Lipinski definition) is 3. The molecule has 17 heavy (non-hydrogen) atoms. The van der Waals surface area contributed by atoms with E-state index in [2.05, 4.69) is 4.99 Å². The van der Waals surface area contributed by atoms with E-state index in [4.69, 9.17) is 5.73 Å². The molecule has 1 aliphatic heterocycles. The average Bonchev–Trinajstić information content (AvgIpc) is 2.75. The molecule has 0 aliphatic carbocycles. The maximum atomic E-state index is 12.9. The number of nitrogens with zero attached hydrogens (tertiary/aromatic N) is 1. The summed E-state index contributed by atoms with van der Waals surface area (Å²) >= 11 is 1.10. The Morgan fingerprint density at radius 3 is 2.41 bits per heavy atom. The predicted octanol–water partition coefficient (Wildman–Crippen LogP) is 2.44. The Balaban J connectivity index is 2.36. The minimum absolute atomic E-state index is 0.142. The number of rotatable bonds is 2. The fraction of sp³-hybridized carbons (Fsp3) is 0.364. The van der Waals surface area contributed by atoms with E-state index in [0.29, 0.717) is 10.6 Å². The van der Waals surface area contributed by atoms with Crippen LogP contribution in [0.2, 0.25) is 0 Å². The molecule has 0 bridgehead atoms. The van der Waals surface area contributed by atoms with Gasteiger partial charge in [-0.1, -0.05) is 30.3 Å². The molecule has 1 heterocycles. The van der Waals surface area contributed by atoms with E-state index in [1.165, 1.54) is 0 Å². The Hall–Kier alpha value is -1.01. The minimum Gasteiger partial charge on any atom is -0.328 e. The largest absolute Gasteiger partial charge is 0.415 e. The Bertz CT molecular complexity index is 430. The molecular formula is C11H11F3N2S. The van der Waals surface area contributed by atoms with Crippen LogP contribution in [0.3, 0.4) is 0 Å². The molecule has 0 radical (unpaired) electrons. The highest BCUT2D eigenvalue weighted by atomic mass is 32.2. The van der Waals surface area contributed by atoms with Crippen molar-refractivity contribution in [3.05, 3.63) is 35.9 Å². The van der Waals surface area contributed by atoms with Crippen LogP contribution in [0.25, 0.3) is 0 Å². The second-order valence-electron chi connectivity index (χ2n) is 3.81. The van der Waals surface area contributed by atoms with Gasteiger partial charge in [0.25, 0.3) is 0 Å². The van der Waals surface area contributed by atoms with Crippen LogP contribution in [-0.2, 0) is 0 Å². The summed E-state index contributed by atoms with van der Waals surface area (Å²) in [5.74, 6) is -0.142. The summed E-state index contributed by atoms with van der Waals surface area (Å²) in [6.07, 6.45) is -4.40. The van der Waals surface area contributed by atoms with Crippen LogP contribution in [-0.4, -0.2) is 29.1 Å². The van der Waals surface area contributed by atoms with Gasteiger partial charge in [0.15, 0.2) is 5.54 Å². The second kappa shape index (κ2) is 4.34. The topological polar surface area (TPSA) is 38.4 Å².